The molecule has 2 aromatic carbocycles. The van der Waals surface area contributed by atoms with Gasteiger partial charge in [-0.1, -0.05) is 31.5 Å². The molecular formula is C23H30N2O5S. The van der Waals surface area contributed by atoms with E-state index in [1.165, 1.54) is 24.3 Å². The minimum atomic E-state index is -3.97. The van der Waals surface area contributed by atoms with Crippen molar-refractivity contribution in [3.63, 3.8) is 0 Å². The van der Waals surface area contributed by atoms with Crippen molar-refractivity contribution in [3.8, 4) is 0 Å². The number of sulfonamides is 1. The summed E-state index contributed by atoms with van der Waals surface area (Å²) in [6.07, 6.45) is 0. The van der Waals surface area contributed by atoms with Crippen LogP contribution >= 0.6 is 0 Å². The number of hydrogen-bond donors (Lipinski definition) is 2. The maximum atomic E-state index is 12.8. The van der Waals surface area contributed by atoms with Crippen molar-refractivity contribution in [2.45, 2.75) is 58.1 Å². The molecule has 8 heteroatoms. The first-order valence-electron chi connectivity index (χ1n) is 10.0. The molecule has 2 N–H and O–H groups in total. The van der Waals surface area contributed by atoms with E-state index in [9.17, 15) is 18.0 Å². The molecule has 7 nitrogen and oxygen atoms in total. The van der Waals surface area contributed by atoms with Gasteiger partial charge in [-0.2, -0.15) is 4.72 Å². The average molecular weight is 447 g/mol. The standard InChI is InChI=1S/C23H30N2O5S/c1-15(2)20(22(27)30-23(4,5)6)25-31(28,29)19-13-11-18(12-14-19)24-21(26)17-9-7-16(3)8-10-17/h7-15,20,25H,1-6H3,(H,24,26)/t20-/m0/s1. The van der Waals surface area contributed by atoms with Gasteiger partial charge in [0.15, 0.2) is 0 Å². The number of esters is 1. The maximum absolute atomic E-state index is 12.8. The van der Waals surface area contributed by atoms with Gasteiger partial charge in [0.25, 0.3) is 5.91 Å². The van der Waals surface area contributed by atoms with Crippen LogP contribution in [0.15, 0.2) is 53.4 Å². The van der Waals surface area contributed by atoms with Gasteiger partial charge >= 0.3 is 5.97 Å². The van der Waals surface area contributed by atoms with Crippen LogP contribution in [0, 0.1) is 12.8 Å². The molecule has 0 aromatic heterocycles. The van der Waals surface area contributed by atoms with Crippen LogP contribution in [0.2, 0.25) is 0 Å². The minimum absolute atomic E-state index is 0.0185. The van der Waals surface area contributed by atoms with Crippen molar-refractivity contribution < 1.29 is 22.7 Å². The van der Waals surface area contributed by atoms with Crippen molar-refractivity contribution in [2.75, 3.05) is 5.32 Å². The average Bonchev–Trinajstić information content (AvgIpc) is 2.65. The predicted molar refractivity (Wildman–Crippen MR) is 120 cm³/mol. The van der Waals surface area contributed by atoms with Crippen molar-refractivity contribution in [2.24, 2.45) is 5.92 Å². The Morgan fingerprint density at radius 2 is 1.48 bits per heavy atom. The number of anilines is 1. The van der Waals surface area contributed by atoms with Gasteiger partial charge in [-0.25, -0.2) is 8.42 Å². The molecule has 2 rings (SSSR count). The lowest BCUT2D eigenvalue weighted by Crippen LogP contribution is -2.47. The van der Waals surface area contributed by atoms with E-state index in [0.29, 0.717) is 11.3 Å². The molecule has 0 heterocycles. The highest BCUT2D eigenvalue weighted by Crippen LogP contribution is 2.18. The molecule has 0 unspecified atom stereocenters. The Labute approximate surface area is 184 Å². The first kappa shape index (κ1) is 24.6. The summed E-state index contributed by atoms with van der Waals surface area (Å²) >= 11 is 0. The van der Waals surface area contributed by atoms with Crippen molar-refractivity contribution in [1.29, 1.82) is 0 Å². The van der Waals surface area contributed by atoms with Crippen LogP contribution in [0.1, 0.15) is 50.5 Å². The summed E-state index contributed by atoms with van der Waals surface area (Å²) < 4.78 is 33.4. The zero-order valence-corrected chi connectivity index (χ0v) is 19.5. The lowest BCUT2D eigenvalue weighted by atomic mass is 10.1. The number of ether oxygens (including phenoxy) is 1. The fourth-order valence-electron chi connectivity index (χ4n) is 2.68. The molecule has 0 saturated heterocycles. The molecule has 0 spiro atoms. The van der Waals surface area contributed by atoms with E-state index in [2.05, 4.69) is 10.0 Å². The Balaban J connectivity index is 2.13. The highest BCUT2D eigenvalue weighted by Gasteiger charge is 2.32. The van der Waals surface area contributed by atoms with Crippen LogP contribution in [-0.2, 0) is 19.6 Å². The van der Waals surface area contributed by atoms with Gasteiger partial charge in [-0.3, -0.25) is 9.59 Å². The van der Waals surface area contributed by atoms with Crippen LogP contribution in [0.25, 0.3) is 0 Å². The fraction of sp³-hybridized carbons (Fsp3) is 0.391. The molecule has 0 bridgehead atoms. The monoisotopic (exact) mass is 446 g/mol. The van der Waals surface area contributed by atoms with Gasteiger partial charge in [0, 0.05) is 11.3 Å². The number of amides is 1. The van der Waals surface area contributed by atoms with E-state index >= 15 is 0 Å². The summed E-state index contributed by atoms with van der Waals surface area (Å²) in [5.74, 6) is -1.23. The number of carbonyl (C=O) groups excluding carboxylic acids is 2. The molecule has 2 aromatic rings. The number of hydrogen-bond acceptors (Lipinski definition) is 5. The number of nitrogens with one attached hydrogen (secondary N) is 2. The number of rotatable bonds is 7. The van der Waals surface area contributed by atoms with Gasteiger partial charge in [0.05, 0.1) is 4.90 Å². The molecule has 0 aliphatic carbocycles. The van der Waals surface area contributed by atoms with E-state index < -0.39 is 27.6 Å². The number of carbonyl (C=O) groups is 2. The second kappa shape index (κ2) is 9.62. The Kier molecular flexibility index (Phi) is 7.62. The van der Waals surface area contributed by atoms with Crippen LogP contribution in [0.4, 0.5) is 5.69 Å². The van der Waals surface area contributed by atoms with E-state index in [1.807, 2.05) is 19.1 Å². The Morgan fingerprint density at radius 1 is 0.935 bits per heavy atom. The summed E-state index contributed by atoms with van der Waals surface area (Å²) in [5.41, 5.74) is 1.27. The molecule has 31 heavy (non-hydrogen) atoms. The largest absolute Gasteiger partial charge is 0.459 e. The van der Waals surface area contributed by atoms with E-state index in [-0.39, 0.29) is 16.7 Å². The SMILES string of the molecule is Cc1ccc(C(=O)Nc2ccc(S(=O)(=O)N[C@H](C(=O)OC(C)(C)C)C(C)C)cc2)cc1. The minimum Gasteiger partial charge on any atom is -0.459 e. The van der Waals surface area contributed by atoms with Crippen molar-refractivity contribution >= 4 is 27.6 Å². The lowest BCUT2D eigenvalue weighted by molar-refractivity contribution is -0.158. The van der Waals surface area contributed by atoms with Crippen LogP contribution < -0.4 is 10.0 Å². The zero-order valence-electron chi connectivity index (χ0n) is 18.7. The summed E-state index contributed by atoms with van der Waals surface area (Å²) in [6, 6.07) is 11.8. The number of aryl methyl sites for hydroxylation is 1. The van der Waals surface area contributed by atoms with Gasteiger partial charge < -0.3 is 10.1 Å². The summed E-state index contributed by atoms with van der Waals surface area (Å²) in [6.45, 7) is 10.6. The predicted octanol–water partition coefficient (Wildman–Crippen LogP) is 3.89. The lowest BCUT2D eigenvalue weighted by Gasteiger charge is -2.26. The Bertz CT molecular complexity index is 1020. The molecular weight excluding hydrogens is 416 g/mol. The normalized spacial score (nSPS) is 13.0. The highest BCUT2D eigenvalue weighted by atomic mass is 32.2. The van der Waals surface area contributed by atoms with E-state index in [1.54, 1.807) is 46.8 Å². The molecule has 1 amide bonds. The number of benzene rings is 2. The maximum Gasteiger partial charge on any atom is 0.324 e. The first-order valence-corrected chi connectivity index (χ1v) is 11.5. The van der Waals surface area contributed by atoms with Gasteiger partial charge in [0.1, 0.15) is 11.6 Å². The smallest absolute Gasteiger partial charge is 0.324 e. The third-order valence-corrected chi connectivity index (χ3v) is 5.80. The highest BCUT2D eigenvalue weighted by molar-refractivity contribution is 7.89. The zero-order chi connectivity index (χ0) is 23.4. The third-order valence-electron chi connectivity index (χ3n) is 4.35. The van der Waals surface area contributed by atoms with Crippen molar-refractivity contribution in [3.05, 3.63) is 59.7 Å². The molecule has 0 saturated carbocycles. The molecule has 0 radical (unpaired) electrons. The Hall–Kier alpha value is -2.71. The van der Waals surface area contributed by atoms with Gasteiger partial charge in [-0.15, -0.1) is 0 Å². The first-order chi connectivity index (χ1) is 14.3. The Morgan fingerprint density at radius 3 is 1.97 bits per heavy atom. The van der Waals surface area contributed by atoms with Gasteiger partial charge in [0.2, 0.25) is 10.0 Å². The molecule has 168 valence electrons. The quantitative estimate of drug-likeness (QED) is 0.628. The molecule has 0 aliphatic heterocycles. The molecule has 1 atom stereocenters. The van der Waals surface area contributed by atoms with Crippen LogP contribution in [0.3, 0.4) is 0 Å². The summed E-state index contributed by atoms with van der Waals surface area (Å²) in [4.78, 5) is 24.7. The van der Waals surface area contributed by atoms with E-state index in [4.69, 9.17) is 4.74 Å². The fourth-order valence-corrected chi connectivity index (χ4v) is 4.02. The third kappa shape index (κ3) is 7.18. The second-order valence-electron chi connectivity index (χ2n) is 8.72. The van der Waals surface area contributed by atoms with Crippen LogP contribution in [-0.4, -0.2) is 31.9 Å². The summed E-state index contributed by atoms with van der Waals surface area (Å²) in [7, 11) is -3.97. The van der Waals surface area contributed by atoms with Gasteiger partial charge in [-0.05, 0) is 70.0 Å². The van der Waals surface area contributed by atoms with Crippen molar-refractivity contribution in [1.82, 2.24) is 4.72 Å². The summed E-state index contributed by atoms with van der Waals surface area (Å²) in [5, 5.41) is 2.73. The molecule has 0 aliphatic rings. The second-order valence-corrected chi connectivity index (χ2v) is 10.4. The van der Waals surface area contributed by atoms with E-state index in [0.717, 1.165) is 5.56 Å². The molecule has 0 fully saturated rings. The van der Waals surface area contributed by atoms with Crippen LogP contribution in [0.5, 0.6) is 0 Å². The topological polar surface area (TPSA) is 102 Å².